The third-order valence-corrected chi connectivity index (χ3v) is 7.55. The van der Waals surface area contributed by atoms with Crippen LogP contribution in [0.5, 0.6) is 5.88 Å². The van der Waals surface area contributed by atoms with E-state index in [9.17, 15) is 35.9 Å². The van der Waals surface area contributed by atoms with E-state index >= 15 is 0 Å². The van der Waals surface area contributed by atoms with Crippen LogP contribution in [0.1, 0.15) is 37.1 Å². The van der Waals surface area contributed by atoms with Crippen LogP contribution in [-0.2, 0) is 26.7 Å². The largest absolute Gasteiger partial charge is 0.477 e. The number of imide groups is 1. The second kappa shape index (κ2) is 8.13. The highest BCUT2D eigenvalue weighted by molar-refractivity contribution is 6.23. The van der Waals surface area contributed by atoms with Gasteiger partial charge in [-0.25, -0.2) is 14.9 Å². The van der Waals surface area contributed by atoms with Crippen molar-refractivity contribution in [1.82, 2.24) is 9.97 Å². The molecular formula is C24H18F6N4O4. The highest BCUT2D eigenvalue weighted by Gasteiger charge is 2.75. The Morgan fingerprint density at radius 2 is 1.76 bits per heavy atom. The van der Waals surface area contributed by atoms with Crippen molar-refractivity contribution in [1.29, 1.82) is 5.26 Å². The van der Waals surface area contributed by atoms with Crippen molar-refractivity contribution in [3.05, 3.63) is 47.4 Å². The van der Waals surface area contributed by atoms with Gasteiger partial charge in [0.25, 0.3) is 0 Å². The molecule has 0 N–H and O–H groups in total. The Morgan fingerprint density at radius 3 is 2.39 bits per heavy atom. The quantitative estimate of drug-likeness (QED) is 0.424. The molecule has 1 aromatic carbocycles. The Kier molecular flexibility index (Phi) is 5.54. The molecule has 8 nitrogen and oxygen atoms in total. The van der Waals surface area contributed by atoms with Gasteiger partial charge in [0.2, 0.25) is 17.7 Å². The lowest BCUT2D eigenvalue weighted by molar-refractivity contribution is -0.141. The summed E-state index contributed by atoms with van der Waals surface area (Å²) in [6.07, 6.45) is -8.69. The number of carbonyl (C=O) groups excluding carboxylic acids is 2. The predicted octanol–water partition coefficient (Wildman–Crippen LogP) is 4.14. The Hall–Kier alpha value is -3.73. The van der Waals surface area contributed by atoms with Crippen LogP contribution in [0.3, 0.4) is 0 Å². The van der Waals surface area contributed by atoms with Crippen LogP contribution in [0.2, 0.25) is 0 Å². The molecule has 1 aromatic heterocycles. The van der Waals surface area contributed by atoms with Gasteiger partial charge in [0.05, 0.1) is 52.5 Å². The van der Waals surface area contributed by atoms with Gasteiger partial charge in [-0.3, -0.25) is 9.59 Å². The monoisotopic (exact) mass is 540 g/mol. The van der Waals surface area contributed by atoms with Crippen LogP contribution in [0.15, 0.2) is 30.6 Å². The summed E-state index contributed by atoms with van der Waals surface area (Å²) in [6, 6.07) is 4.68. The summed E-state index contributed by atoms with van der Waals surface area (Å²) in [4.78, 5) is 34.5. The van der Waals surface area contributed by atoms with Crippen molar-refractivity contribution < 1.29 is 45.4 Å². The predicted molar refractivity (Wildman–Crippen MR) is 114 cm³/mol. The lowest BCUT2D eigenvalue weighted by Gasteiger charge is -2.35. The number of carbonyl (C=O) groups is 2. The molecule has 2 aromatic rings. The number of amides is 2. The van der Waals surface area contributed by atoms with Gasteiger partial charge in [0, 0.05) is 12.0 Å². The number of nitriles is 1. The SMILES string of the molecule is C[C@]12O[C@@](C)(C[C@H]1COc1cc(C(F)(F)F)ncn1)C1C(=O)N(c3ccc(C#N)c(C(F)(F)F)c3)C(=O)[C@H]12. The van der Waals surface area contributed by atoms with E-state index in [1.54, 1.807) is 13.8 Å². The Balaban J connectivity index is 1.43. The van der Waals surface area contributed by atoms with E-state index in [-0.39, 0.29) is 24.6 Å². The minimum atomic E-state index is -4.89. The molecule has 5 atom stereocenters. The number of rotatable bonds is 4. The average Bonchev–Trinajstić information content (AvgIpc) is 3.36. The van der Waals surface area contributed by atoms with E-state index < -0.39 is 69.9 Å². The zero-order chi connectivity index (χ0) is 27.8. The third kappa shape index (κ3) is 3.79. The average molecular weight is 540 g/mol. The van der Waals surface area contributed by atoms with Crippen LogP contribution in [0.4, 0.5) is 32.0 Å². The number of anilines is 1. The smallest absolute Gasteiger partial charge is 0.433 e. The molecule has 0 spiro atoms. The molecule has 2 bridgehead atoms. The molecule has 200 valence electrons. The van der Waals surface area contributed by atoms with Crippen molar-refractivity contribution in [3.8, 4) is 11.9 Å². The molecule has 3 aliphatic rings. The van der Waals surface area contributed by atoms with Crippen LogP contribution in [0, 0.1) is 29.1 Å². The topological polar surface area (TPSA) is 105 Å². The minimum absolute atomic E-state index is 0.194. The van der Waals surface area contributed by atoms with Crippen molar-refractivity contribution in [2.75, 3.05) is 11.5 Å². The molecule has 5 rings (SSSR count). The van der Waals surface area contributed by atoms with E-state index in [0.29, 0.717) is 23.4 Å². The first-order chi connectivity index (χ1) is 17.6. The Labute approximate surface area is 211 Å². The number of aromatic nitrogens is 2. The molecular weight excluding hydrogens is 522 g/mol. The summed E-state index contributed by atoms with van der Waals surface area (Å²) in [5.41, 5.74) is -5.91. The Bertz CT molecular complexity index is 1390. The zero-order valence-corrected chi connectivity index (χ0v) is 19.7. The summed E-state index contributed by atoms with van der Waals surface area (Å²) in [7, 11) is 0. The molecule has 3 saturated heterocycles. The first kappa shape index (κ1) is 25.9. The van der Waals surface area contributed by atoms with E-state index in [1.807, 2.05) is 0 Å². The first-order valence-electron chi connectivity index (χ1n) is 11.3. The van der Waals surface area contributed by atoms with Gasteiger partial charge in [0.1, 0.15) is 6.33 Å². The lowest BCUT2D eigenvalue weighted by Crippen LogP contribution is -2.48. The zero-order valence-electron chi connectivity index (χ0n) is 19.7. The highest BCUT2D eigenvalue weighted by Crippen LogP contribution is 2.63. The number of hydrogen-bond acceptors (Lipinski definition) is 7. The van der Waals surface area contributed by atoms with Gasteiger partial charge in [0.15, 0.2) is 5.69 Å². The van der Waals surface area contributed by atoms with Gasteiger partial charge < -0.3 is 9.47 Å². The molecule has 1 unspecified atom stereocenters. The maximum absolute atomic E-state index is 13.5. The van der Waals surface area contributed by atoms with Crippen LogP contribution in [0.25, 0.3) is 0 Å². The third-order valence-electron chi connectivity index (χ3n) is 7.55. The van der Waals surface area contributed by atoms with Gasteiger partial charge in [-0.2, -0.15) is 31.6 Å². The second-order valence-electron chi connectivity index (χ2n) is 9.86. The lowest BCUT2D eigenvalue weighted by atomic mass is 9.64. The van der Waals surface area contributed by atoms with E-state index in [0.717, 1.165) is 12.1 Å². The maximum atomic E-state index is 13.5. The fraction of sp³-hybridized carbons (Fsp3) is 0.458. The van der Waals surface area contributed by atoms with Gasteiger partial charge >= 0.3 is 12.4 Å². The fourth-order valence-electron chi connectivity index (χ4n) is 5.93. The van der Waals surface area contributed by atoms with Crippen LogP contribution in [-0.4, -0.2) is 39.6 Å². The van der Waals surface area contributed by atoms with E-state index in [2.05, 4.69) is 9.97 Å². The summed E-state index contributed by atoms with van der Waals surface area (Å²) < 4.78 is 91.0. The standard InChI is InChI=1S/C24H18F6N4O4/c1-21-7-12(9-37-16-6-15(24(28,29)30)32-10-33-16)22(2,38-21)18-17(21)19(35)34(20(18)36)13-4-3-11(8-31)14(5-13)23(25,26)27/h3-6,10,12,17-18H,7,9H2,1-2H3/t12-,17?,18-,21-,22-/m0/s1. The molecule has 38 heavy (non-hydrogen) atoms. The summed E-state index contributed by atoms with van der Waals surface area (Å²) in [6.45, 7) is 2.99. The fourth-order valence-corrected chi connectivity index (χ4v) is 5.93. The van der Waals surface area contributed by atoms with E-state index in [4.69, 9.17) is 14.7 Å². The van der Waals surface area contributed by atoms with Crippen LogP contribution >= 0.6 is 0 Å². The number of alkyl halides is 6. The summed E-state index contributed by atoms with van der Waals surface area (Å²) >= 11 is 0. The molecule has 14 heteroatoms. The summed E-state index contributed by atoms with van der Waals surface area (Å²) in [5, 5.41) is 9.05. The van der Waals surface area contributed by atoms with E-state index in [1.165, 1.54) is 6.07 Å². The molecule has 0 saturated carbocycles. The van der Waals surface area contributed by atoms with Crippen LogP contribution < -0.4 is 9.64 Å². The number of benzene rings is 1. The number of fused-ring (bicyclic) bond motifs is 5. The normalized spacial score (nSPS) is 30.5. The van der Waals surface area contributed by atoms with Gasteiger partial charge in [-0.05, 0) is 38.5 Å². The van der Waals surface area contributed by atoms with Crippen molar-refractivity contribution in [2.24, 2.45) is 17.8 Å². The molecule has 3 fully saturated rings. The number of hydrogen-bond donors (Lipinski definition) is 0. The maximum Gasteiger partial charge on any atom is 0.433 e. The number of nitrogens with zero attached hydrogens (tertiary/aromatic N) is 4. The summed E-state index contributed by atoms with van der Waals surface area (Å²) in [5.74, 6) is -4.45. The Morgan fingerprint density at radius 1 is 1.08 bits per heavy atom. The van der Waals surface area contributed by atoms with Gasteiger partial charge in [-0.1, -0.05) is 0 Å². The number of ether oxygens (including phenoxy) is 2. The molecule has 3 aliphatic heterocycles. The van der Waals surface area contributed by atoms with Crippen molar-refractivity contribution in [2.45, 2.75) is 43.8 Å². The number of halogens is 6. The van der Waals surface area contributed by atoms with Gasteiger partial charge in [-0.15, -0.1) is 0 Å². The minimum Gasteiger partial charge on any atom is -0.477 e. The molecule has 2 amide bonds. The first-order valence-corrected chi connectivity index (χ1v) is 11.3. The van der Waals surface area contributed by atoms with Crippen molar-refractivity contribution >= 4 is 17.5 Å². The molecule has 0 aliphatic carbocycles. The molecule has 4 heterocycles. The highest BCUT2D eigenvalue weighted by atomic mass is 19.4. The second-order valence-corrected chi connectivity index (χ2v) is 9.86. The molecule has 0 radical (unpaired) electrons. The van der Waals surface area contributed by atoms with Crippen molar-refractivity contribution in [3.63, 3.8) is 0 Å².